The van der Waals surface area contributed by atoms with Crippen molar-refractivity contribution in [1.82, 2.24) is 4.98 Å². The Balaban J connectivity index is 1.78. The van der Waals surface area contributed by atoms with Crippen molar-refractivity contribution in [3.63, 3.8) is 0 Å². The maximum atomic E-state index is 12.2. The lowest BCUT2D eigenvalue weighted by molar-refractivity contribution is -0.111. The normalized spacial score (nSPS) is 10.8. The van der Waals surface area contributed by atoms with Crippen molar-refractivity contribution in [2.24, 2.45) is 0 Å². The molecule has 3 aromatic rings. The Labute approximate surface area is 149 Å². The summed E-state index contributed by atoms with van der Waals surface area (Å²) in [5.74, 6) is -0.237. The van der Waals surface area contributed by atoms with Crippen LogP contribution in [0.1, 0.15) is 16.2 Å². The molecule has 1 amide bonds. The summed E-state index contributed by atoms with van der Waals surface area (Å²) < 4.78 is 15.3. The molecule has 0 saturated carbocycles. The minimum Gasteiger partial charge on any atom is -0.497 e. The van der Waals surface area contributed by atoms with E-state index in [0.717, 1.165) is 0 Å². The van der Waals surface area contributed by atoms with E-state index in [2.05, 4.69) is 10.3 Å². The molecule has 7 heteroatoms. The van der Waals surface area contributed by atoms with E-state index in [9.17, 15) is 9.59 Å². The topological polar surface area (TPSA) is 90.7 Å². The third-order valence-electron chi connectivity index (χ3n) is 3.58. The lowest BCUT2D eigenvalue weighted by Crippen LogP contribution is -2.13. The molecule has 0 atom stereocenters. The van der Waals surface area contributed by atoms with Gasteiger partial charge in [0, 0.05) is 12.2 Å². The third-order valence-corrected chi connectivity index (χ3v) is 3.58. The number of nitrogens with one attached hydrogen (secondary N) is 1. The van der Waals surface area contributed by atoms with Crippen molar-refractivity contribution in [3.05, 3.63) is 60.0 Å². The molecule has 2 aromatic carbocycles. The first-order valence-corrected chi connectivity index (χ1v) is 7.71. The summed E-state index contributed by atoms with van der Waals surface area (Å²) >= 11 is 0. The van der Waals surface area contributed by atoms with Gasteiger partial charge in [-0.25, -0.2) is 9.78 Å². The summed E-state index contributed by atoms with van der Waals surface area (Å²) in [6.45, 7) is 0. The van der Waals surface area contributed by atoms with Crippen LogP contribution in [0.5, 0.6) is 5.75 Å². The van der Waals surface area contributed by atoms with Gasteiger partial charge in [0.05, 0.1) is 25.5 Å². The molecular weight excluding hydrogens is 336 g/mol. The van der Waals surface area contributed by atoms with Gasteiger partial charge in [-0.2, -0.15) is 0 Å². The number of para-hydroxylation sites is 2. The fourth-order valence-electron chi connectivity index (χ4n) is 2.32. The molecule has 0 unspecified atom stereocenters. The maximum Gasteiger partial charge on any atom is 0.340 e. The fraction of sp³-hybridized carbons (Fsp3) is 0.105. The highest BCUT2D eigenvalue weighted by molar-refractivity contribution is 6.06. The van der Waals surface area contributed by atoms with Gasteiger partial charge in [-0.3, -0.25) is 4.79 Å². The molecule has 1 heterocycles. The number of esters is 1. The second kappa shape index (κ2) is 7.52. The highest BCUT2D eigenvalue weighted by Crippen LogP contribution is 2.23. The van der Waals surface area contributed by atoms with E-state index < -0.39 is 11.9 Å². The van der Waals surface area contributed by atoms with Gasteiger partial charge >= 0.3 is 5.97 Å². The van der Waals surface area contributed by atoms with Crippen LogP contribution in [-0.4, -0.2) is 31.1 Å². The second-order valence-corrected chi connectivity index (χ2v) is 5.25. The Kier molecular flexibility index (Phi) is 4.98. The SMILES string of the molecule is COC(=O)c1cc(OC)ccc1NC(=O)C=Cc1nc2ccccc2o1. The quantitative estimate of drug-likeness (QED) is 0.560. The van der Waals surface area contributed by atoms with E-state index in [1.807, 2.05) is 18.2 Å². The highest BCUT2D eigenvalue weighted by Gasteiger charge is 2.14. The van der Waals surface area contributed by atoms with Gasteiger partial charge in [0.25, 0.3) is 0 Å². The zero-order valence-corrected chi connectivity index (χ0v) is 14.2. The Hall–Kier alpha value is -3.61. The summed E-state index contributed by atoms with van der Waals surface area (Å²) in [4.78, 5) is 28.3. The third kappa shape index (κ3) is 3.72. The summed E-state index contributed by atoms with van der Waals surface area (Å²) in [5.41, 5.74) is 1.84. The molecule has 1 aromatic heterocycles. The van der Waals surface area contributed by atoms with Gasteiger partial charge in [0.1, 0.15) is 11.3 Å². The summed E-state index contributed by atoms with van der Waals surface area (Å²) in [6.07, 6.45) is 2.73. The molecule has 3 rings (SSSR count). The van der Waals surface area contributed by atoms with Gasteiger partial charge in [0.2, 0.25) is 11.8 Å². The number of carbonyl (C=O) groups excluding carboxylic acids is 2. The lowest BCUT2D eigenvalue weighted by atomic mass is 10.1. The fourth-order valence-corrected chi connectivity index (χ4v) is 2.32. The predicted octanol–water partition coefficient (Wildman–Crippen LogP) is 3.27. The van der Waals surface area contributed by atoms with Crippen LogP contribution in [0.4, 0.5) is 5.69 Å². The Bertz CT molecular complexity index is 958. The zero-order chi connectivity index (χ0) is 18.5. The number of ether oxygens (including phenoxy) is 2. The van der Waals surface area contributed by atoms with Crippen LogP contribution < -0.4 is 10.1 Å². The zero-order valence-electron chi connectivity index (χ0n) is 14.2. The number of anilines is 1. The van der Waals surface area contributed by atoms with E-state index >= 15 is 0 Å². The largest absolute Gasteiger partial charge is 0.497 e. The van der Waals surface area contributed by atoms with E-state index in [-0.39, 0.29) is 5.56 Å². The minimum absolute atomic E-state index is 0.190. The monoisotopic (exact) mass is 352 g/mol. The molecule has 132 valence electrons. The molecule has 0 aliphatic heterocycles. The Morgan fingerprint density at radius 2 is 1.96 bits per heavy atom. The molecule has 0 radical (unpaired) electrons. The second-order valence-electron chi connectivity index (χ2n) is 5.25. The number of amides is 1. The molecule has 0 aliphatic rings. The smallest absolute Gasteiger partial charge is 0.340 e. The Morgan fingerprint density at radius 3 is 2.69 bits per heavy atom. The molecule has 0 fully saturated rings. The van der Waals surface area contributed by atoms with Gasteiger partial charge in [-0.15, -0.1) is 0 Å². The van der Waals surface area contributed by atoms with Gasteiger partial charge in [-0.05, 0) is 30.3 Å². The standard InChI is InChI=1S/C19H16N2O5/c1-24-12-7-8-14(13(11-12)19(23)25-2)20-17(22)9-10-18-21-15-5-3-4-6-16(15)26-18/h3-11H,1-2H3,(H,20,22). The van der Waals surface area contributed by atoms with Crippen LogP contribution in [-0.2, 0) is 9.53 Å². The number of fused-ring (bicyclic) bond motifs is 1. The number of carbonyl (C=O) groups is 2. The number of benzene rings is 2. The first-order valence-electron chi connectivity index (χ1n) is 7.71. The number of rotatable bonds is 5. The molecule has 0 saturated heterocycles. The van der Waals surface area contributed by atoms with Gasteiger partial charge in [0.15, 0.2) is 5.58 Å². The van der Waals surface area contributed by atoms with Gasteiger partial charge < -0.3 is 19.2 Å². The Morgan fingerprint density at radius 1 is 1.15 bits per heavy atom. The molecular formula is C19H16N2O5. The van der Waals surface area contributed by atoms with Crippen LogP contribution in [0, 0.1) is 0 Å². The summed E-state index contributed by atoms with van der Waals surface area (Å²) in [5, 5.41) is 2.63. The number of aromatic nitrogens is 1. The van der Waals surface area contributed by atoms with Crippen LogP contribution in [0.3, 0.4) is 0 Å². The highest BCUT2D eigenvalue weighted by atomic mass is 16.5. The predicted molar refractivity (Wildman–Crippen MR) is 96.0 cm³/mol. The van der Waals surface area contributed by atoms with Crippen LogP contribution in [0.2, 0.25) is 0 Å². The average Bonchev–Trinajstić information content (AvgIpc) is 3.09. The maximum absolute atomic E-state index is 12.2. The number of hydrogen-bond donors (Lipinski definition) is 1. The minimum atomic E-state index is -0.581. The van der Waals surface area contributed by atoms with Crippen molar-refractivity contribution in [3.8, 4) is 5.75 Å². The van der Waals surface area contributed by atoms with E-state index in [1.54, 1.807) is 18.2 Å². The molecule has 0 spiro atoms. The van der Waals surface area contributed by atoms with Crippen molar-refractivity contribution >= 4 is 34.7 Å². The summed E-state index contributed by atoms with van der Waals surface area (Å²) in [7, 11) is 2.75. The number of oxazole rings is 1. The van der Waals surface area contributed by atoms with E-state index in [0.29, 0.717) is 28.4 Å². The van der Waals surface area contributed by atoms with Crippen LogP contribution in [0.25, 0.3) is 17.2 Å². The number of nitrogens with zero attached hydrogens (tertiary/aromatic N) is 1. The molecule has 1 N–H and O–H groups in total. The molecule has 7 nitrogen and oxygen atoms in total. The molecule has 0 bridgehead atoms. The average molecular weight is 352 g/mol. The number of hydrogen-bond acceptors (Lipinski definition) is 6. The van der Waals surface area contributed by atoms with Crippen molar-refractivity contribution in [1.29, 1.82) is 0 Å². The van der Waals surface area contributed by atoms with E-state index in [1.165, 1.54) is 32.4 Å². The van der Waals surface area contributed by atoms with Crippen molar-refractivity contribution in [2.45, 2.75) is 0 Å². The van der Waals surface area contributed by atoms with Crippen LogP contribution in [0.15, 0.2) is 53.0 Å². The molecule has 26 heavy (non-hydrogen) atoms. The number of methoxy groups -OCH3 is 2. The van der Waals surface area contributed by atoms with Crippen molar-refractivity contribution < 1.29 is 23.5 Å². The molecule has 0 aliphatic carbocycles. The van der Waals surface area contributed by atoms with E-state index in [4.69, 9.17) is 13.9 Å². The van der Waals surface area contributed by atoms with Crippen LogP contribution >= 0.6 is 0 Å². The lowest BCUT2D eigenvalue weighted by Gasteiger charge is -2.10. The first kappa shape index (κ1) is 17.2. The van der Waals surface area contributed by atoms with Gasteiger partial charge in [-0.1, -0.05) is 12.1 Å². The first-order chi connectivity index (χ1) is 12.6. The van der Waals surface area contributed by atoms with Crippen molar-refractivity contribution in [2.75, 3.05) is 19.5 Å². The summed E-state index contributed by atoms with van der Waals surface area (Å²) in [6, 6.07) is 12.0.